The molecule has 0 aliphatic heterocycles. The van der Waals surface area contributed by atoms with Crippen LogP contribution in [0.4, 0.5) is 5.69 Å². The van der Waals surface area contributed by atoms with Gasteiger partial charge in [-0.15, -0.1) is 0 Å². The van der Waals surface area contributed by atoms with Crippen LogP contribution < -0.4 is 10.6 Å². The van der Waals surface area contributed by atoms with Gasteiger partial charge in [-0.2, -0.15) is 0 Å². The van der Waals surface area contributed by atoms with E-state index in [1.54, 1.807) is 0 Å². The maximum Gasteiger partial charge on any atom is 0.0498 e. The quantitative estimate of drug-likeness (QED) is 0.769. The van der Waals surface area contributed by atoms with Crippen LogP contribution in [0.2, 0.25) is 0 Å². The third-order valence-corrected chi connectivity index (χ3v) is 4.85. The van der Waals surface area contributed by atoms with Crippen molar-refractivity contribution in [2.45, 2.75) is 57.9 Å². The molecule has 112 valence electrons. The van der Waals surface area contributed by atoms with Gasteiger partial charge in [-0.1, -0.05) is 50.8 Å². The van der Waals surface area contributed by atoms with Gasteiger partial charge < -0.3 is 10.6 Å². The highest BCUT2D eigenvalue weighted by Gasteiger charge is 2.35. The third kappa shape index (κ3) is 3.54. The minimum Gasteiger partial charge on any atom is -0.365 e. The highest BCUT2D eigenvalue weighted by molar-refractivity contribution is 5.49. The second-order valence-electron chi connectivity index (χ2n) is 6.54. The van der Waals surface area contributed by atoms with E-state index in [0.717, 1.165) is 19.0 Å². The smallest absolute Gasteiger partial charge is 0.0498 e. The van der Waals surface area contributed by atoms with E-state index in [2.05, 4.69) is 49.1 Å². The number of benzene rings is 1. The average molecular weight is 274 g/mol. The van der Waals surface area contributed by atoms with E-state index >= 15 is 0 Å². The molecule has 1 fully saturated rings. The van der Waals surface area contributed by atoms with E-state index in [1.807, 2.05) is 0 Å². The molecule has 1 atom stereocenters. The van der Waals surface area contributed by atoms with Crippen LogP contribution in [0.5, 0.6) is 0 Å². The Morgan fingerprint density at radius 2 is 1.95 bits per heavy atom. The molecule has 0 aromatic heterocycles. The minimum absolute atomic E-state index is 0.0988. The van der Waals surface area contributed by atoms with Crippen molar-refractivity contribution in [1.82, 2.24) is 0 Å². The predicted molar refractivity (Wildman–Crippen MR) is 88.1 cm³/mol. The van der Waals surface area contributed by atoms with Crippen molar-refractivity contribution in [1.29, 1.82) is 0 Å². The second kappa shape index (κ2) is 7.12. The molecule has 20 heavy (non-hydrogen) atoms. The lowest BCUT2D eigenvalue weighted by molar-refractivity contribution is 0.228. The van der Waals surface area contributed by atoms with E-state index in [0.29, 0.717) is 0 Å². The fourth-order valence-electron chi connectivity index (χ4n) is 3.26. The number of hydrogen-bond acceptors (Lipinski definition) is 2. The Balaban J connectivity index is 2.17. The van der Waals surface area contributed by atoms with Crippen molar-refractivity contribution in [3.8, 4) is 0 Å². The molecule has 0 saturated heterocycles. The summed E-state index contributed by atoms with van der Waals surface area (Å²) in [5.41, 5.74) is 7.63. The first kappa shape index (κ1) is 15.4. The highest BCUT2D eigenvalue weighted by atomic mass is 15.2. The number of rotatable bonds is 8. The molecule has 0 radical (unpaired) electrons. The lowest BCUT2D eigenvalue weighted by Crippen LogP contribution is -2.54. The molecule has 0 bridgehead atoms. The SMILES string of the molecule is CCCCN(c1ccccc1)C(C)(CN)CC1CCC1. The molecule has 2 heteroatoms. The van der Waals surface area contributed by atoms with Crippen LogP contribution >= 0.6 is 0 Å². The molecule has 1 aromatic rings. The fourth-order valence-corrected chi connectivity index (χ4v) is 3.26. The maximum atomic E-state index is 6.20. The summed E-state index contributed by atoms with van der Waals surface area (Å²) in [7, 11) is 0. The Hall–Kier alpha value is -1.02. The molecule has 1 aliphatic rings. The van der Waals surface area contributed by atoms with E-state index < -0.39 is 0 Å². The highest BCUT2D eigenvalue weighted by Crippen LogP contribution is 2.37. The van der Waals surface area contributed by atoms with Crippen molar-refractivity contribution in [2.75, 3.05) is 18.0 Å². The number of nitrogens with two attached hydrogens (primary N) is 1. The summed E-state index contributed by atoms with van der Waals surface area (Å²) >= 11 is 0. The molecule has 0 heterocycles. The molecule has 2 N–H and O–H groups in total. The van der Waals surface area contributed by atoms with E-state index in [-0.39, 0.29) is 5.54 Å². The summed E-state index contributed by atoms with van der Waals surface area (Å²) in [5, 5.41) is 0. The van der Waals surface area contributed by atoms with Crippen molar-refractivity contribution in [3.63, 3.8) is 0 Å². The summed E-state index contributed by atoms with van der Waals surface area (Å²) in [6.45, 7) is 6.46. The van der Waals surface area contributed by atoms with Crippen LogP contribution in [0.1, 0.15) is 52.4 Å². The molecular formula is C18H30N2. The van der Waals surface area contributed by atoms with Crippen LogP contribution in [0.25, 0.3) is 0 Å². The normalized spacial score (nSPS) is 18.4. The maximum absolute atomic E-state index is 6.20. The lowest BCUT2D eigenvalue weighted by Gasteiger charge is -2.46. The Morgan fingerprint density at radius 3 is 2.45 bits per heavy atom. The van der Waals surface area contributed by atoms with Gasteiger partial charge in [-0.05, 0) is 37.8 Å². The van der Waals surface area contributed by atoms with Gasteiger partial charge in [-0.3, -0.25) is 0 Å². The molecule has 1 aromatic carbocycles. The van der Waals surface area contributed by atoms with Crippen LogP contribution in [0, 0.1) is 5.92 Å². The molecule has 2 nitrogen and oxygen atoms in total. The zero-order chi connectivity index (χ0) is 14.4. The van der Waals surface area contributed by atoms with Crippen LogP contribution in [-0.4, -0.2) is 18.6 Å². The van der Waals surface area contributed by atoms with Crippen LogP contribution in [0.3, 0.4) is 0 Å². The van der Waals surface area contributed by atoms with E-state index in [4.69, 9.17) is 5.73 Å². The summed E-state index contributed by atoms with van der Waals surface area (Å²) in [6.07, 6.45) is 7.90. The number of nitrogens with zero attached hydrogens (tertiary/aromatic N) is 1. The van der Waals surface area contributed by atoms with Crippen molar-refractivity contribution >= 4 is 5.69 Å². The van der Waals surface area contributed by atoms with Gasteiger partial charge in [0.15, 0.2) is 0 Å². The molecule has 0 spiro atoms. The van der Waals surface area contributed by atoms with Gasteiger partial charge in [0.05, 0.1) is 0 Å². The summed E-state index contributed by atoms with van der Waals surface area (Å²) < 4.78 is 0. The largest absolute Gasteiger partial charge is 0.365 e. The molecule has 1 saturated carbocycles. The second-order valence-corrected chi connectivity index (χ2v) is 6.54. The third-order valence-electron chi connectivity index (χ3n) is 4.85. The van der Waals surface area contributed by atoms with Crippen LogP contribution in [-0.2, 0) is 0 Å². The topological polar surface area (TPSA) is 29.3 Å². The zero-order valence-electron chi connectivity index (χ0n) is 13.1. The number of anilines is 1. The van der Waals surface area contributed by atoms with Crippen molar-refractivity contribution < 1.29 is 0 Å². The zero-order valence-corrected chi connectivity index (χ0v) is 13.1. The Labute approximate surface area is 124 Å². The van der Waals surface area contributed by atoms with Gasteiger partial charge in [0, 0.05) is 24.3 Å². The Kier molecular flexibility index (Phi) is 5.47. The average Bonchev–Trinajstić information content (AvgIpc) is 2.44. The summed E-state index contributed by atoms with van der Waals surface area (Å²) in [6, 6.07) is 10.8. The molecule has 2 rings (SSSR count). The van der Waals surface area contributed by atoms with Gasteiger partial charge in [-0.25, -0.2) is 0 Å². The fraction of sp³-hybridized carbons (Fsp3) is 0.667. The van der Waals surface area contributed by atoms with Gasteiger partial charge in [0.2, 0.25) is 0 Å². The molecule has 1 unspecified atom stereocenters. The molecule has 0 amide bonds. The monoisotopic (exact) mass is 274 g/mol. The summed E-state index contributed by atoms with van der Waals surface area (Å²) in [4.78, 5) is 2.56. The van der Waals surface area contributed by atoms with Gasteiger partial charge in [0.1, 0.15) is 0 Å². The van der Waals surface area contributed by atoms with Gasteiger partial charge >= 0.3 is 0 Å². The Bertz CT molecular complexity index is 386. The van der Waals surface area contributed by atoms with Crippen molar-refractivity contribution in [3.05, 3.63) is 30.3 Å². The first-order valence-corrected chi connectivity index (χ1v) is 8.22. The molecular weight excluding hydrogens is 244 g/mol. The first-order valence-electron chi connectivity index (χ1n) is 8.22. The minimum atomic E-state index is 0.0988. The summed E-state index contributed by atoms with van der Waals surface area (Å²) in [5.74, 6) is 0.886. The lowest BCUT2D eigenvalue weighted by atomic mass is 9.75. The van der Waals surface area contributed by atoms with E-state index in [9.17, 15) is 0 Å². The van der Waals surface area contributed by atoms with Gasteiger partial charge in [0.25, 0.3) is 0 Å². The number of hydrogen-bond donors (Lipinski definition) is 1. The number of para-hydroxylation sites is 1. The number of unbranched alkanes of at least 4 members (excludes halogenated alkanes) is 1. The Morgan fingerprint density at radius 1 is 1.25 bits per heavy atom. The van der Waals surface area contributed by atoms with Crippen molar-refractivity contribution in [2.24, 2.45) is 11.7 Å². The first-order chi connectivity index (χ1) is 9.69. The predicted octanol–water partition coefficient (Wildman–Crippen LogP) is 4.20. The van der Waals surface area contributed by atoms with Crippen LogP contribution in [0.15, 0.2) is 30.3 Å². The van der Waals surface area contributed by atoms with E-state index in [1.165, 1.54) is 44.2 Å². The molecule has 1 aliphatic carbocycles. The standard InChI is InChI=1S/C18H30N2/c1-3-4-13-20(17-11-6-5-7-12-17)18(2,15-19)14-16-9-8-10-16/h5-7,11-12,16H,3-4,8-10,13-15,19H2,1-2H3.